The fourth-order valence-electron chi connectivity index (χ4n) is 1.05. The van der Waals surface area contributed by atoms with Crippen molar-refractivity contribution in [3.05, 3.63) is 35.9 Å². The summed E-state index contributed by atoms with van der Waals surface area (Å²) < 4.78 is 4.70. The molecule has 0 aliphatic carbocycles. The van der Waals surface area contributed by atoms with Crippen LogP contribution in [-0.2, 0) is 9.53 Å². The van der Waals surface area contributed by atoms with Gasteiger partial charge in [0.05, 0.1) is 0 Å². The molecule has 2 N–H and O–H groups in total. The van der Waals surface area contributed by atoms with Crippen molar-refractivity contribution in [2.24, 2.45) is 0 Å². The minimum absolute atomic E-state index is 0.425. The van der Waals surface area contributed by atoms with Gasteiger partial charge in [-0.1, -0.05) is 30.3 Å². The van der Waals surface area contributed by atoms with Crippen molar-refractivity contribution in [1.29, 1.82) is 0 Å². The highest BCUT2D eigenvalue weighted by Crippen LogP contribution is 2.17. The van der Waals surface area contributed by atoms with Gasteiger partial charge in [0.25, 0.3) is 0 Å². The Morgan fingerprint density at radius 3 is 2.40 bits per heavy atom. The van der Waals surface area contributed by atoms with Gasteiger partial charge in [0.2, 0.25) is 6.10 Å². The second kappa shape index (κ2) is 4.99. The van der Waals surface area contributed by atoms with E-state index in [1.54, 1.807) is 30.3 Å². The van der Waals surface area contributed by atoms with Gasteiger partial charge in [-0.3, -0.25) is 0 Å². The fraction of sp³-hybridized carbons (Fsp3) is 0.200. The Labute approximate surface area is 86.7 Å². The molecule has 80 valence electrons. The van der Waals surface area contributed by atoms with Crippen molar-refractivity contribution in [1.82, 2.24) is 5.32 Å². The van der Waals surface area contributed by atoms with Gasteiger partial charge in [-0.05, 0) is 0 Å². The topological polar surface area (TPSA) is 75.6 Å². The van der Waals surface area contributed by atoms with Crippen molar-refractivity contribution in [2.45, 2.75) is 6.10 Å². The highest BCUT2D eigenvalue weighted by Gasteiger charge is 2.23. The molecule has 0 saturated heterocycles. The van der Waals surface area contributed by atoms with Crippen LogP contribution in [0.15, 0.2) is 30.3 Å². The van der Waals surface area contributed by atoms with E-state index in [-0.39, 0.29) is 0 Å². The second-order valence-corrected chi connectivity index (χ2v) is 2.78. The molecule has 1 aromatic rings. The lowest BCUT2D eigenvalue weighted by molar-refractivity contribution is -0.147. The zero-order valence-electron chi connectivity index (χ0n) is 8.14. The van der Waals surface area contributed by atoms with Gasteiger partial charge in [-0.15, -0.1) is 0 Å². The first-order valence-electron chi connectivity index (χ1n) is 4.31. The first kappa shape index (κ1) is 11.0. The molecule has 0 aromatic heterocycles. The summed E-state index contributed by atoms with van der Waals surface area (Å²) in [5, 5.41) is 11.1. The van der Waals surface area contributed by atoms with Gasteiger partial charge in [0.1, 0.15) is 0 Å². The third kappa shape index (κ3) is 2.98. The summed E-state index contributed by atoms with van der Waals surface area (Å²) in [5.41, 5.74) is 0.425. The Kier molecular flexibility index (Phi) is 3.68. The van der Waals surface area contributed by atoms with Crippen LogP contribution in [-0.4, -0.2) is 24.2 Å². The molecule has 0 aliphatic rings. The highest BCUT2D eigenvalue weighted by molar-refractivity contribution is 5.78. The summed E-state index contributed by atoms with van der Waals surface area (Å²) in [5.74, 6) is -1.20. The Hall–Kier alpha value is -2.04. The molecule has 1 rings (SSSR count). The summed E-state index contributed by atoms with van der Waals surface area (Å²) >= 11 is 0. The van der Waals surface area contributed by atoms with Crippen LogP contribution in [0.5, 0.6) is 0 Å². The van der Waals surface area contributed by atoms with E-state index in [1.807, 2.05) is 0 Å². The summed E-state index contributed by atoms with van der Waals surface area (Å²) in [6.07, 6.45) is -2.04. The van der Waals surface area contributed by atoms with Crippen LogP contribution in [0, 0.1) is 0 Å². The lowest BCUT2D eigenvalue weighted by Gasteiger charge is -2.13. The lowest BCUT2D eigenvalue weighted by atomic mass is 10.1. The van der Waals surface area contributed by atoms with Gasteiger partial charge >= 0.3 is 12.1 Å². The molecule has 15 heavy (non-hydrogen) atoms. The first-order chi connectivity index (χ1) is 7.15. The molecule has 0 aliphatic heterocycles. The minimum Gasteiger partial charge on any atom is -0.478 e. The number of carboxylic acids is 1. The van der Waals surface area contributed by atoms with E-state index in [1.165, 1.54) is 7.05 Å². The summed E-state index contributed by atoms with van der Waals surface area (Å²) in [6, 6.07) is 8.28. The van der Waals surface area contributed by atoms with Crippen molar-refractivity contribution >= 4 is 12.1 Å². The van der Waals surface area contributed by atoms with Gasteiger partial charge in [0.15, 0.2) is 0 Å². The van der Waals surface area contributed by atoms with E-state index >= 15 is 0 Å². The molecule has 1 unspecified atom stereocenters. The van der Waals surface area contributed by atoms with Crippen LogP contribution < -0.4 is 5.32 Å². The Morgan fingerprint density at radius 1 is 1.33 bits per heavy atom. The number of nitrogens with one attached hydrogen (secondary N) is 1. The zero-order valence-corrected chi connectivity index (χ0v) is 8.14. The smallest absolute Gasteiger partial charge is 0.408 e. The maximum Gasteiger partial charge on any atom is 0.408 e. The van der Waals surface area contributed by atoms with E-state index in [4.69, 9.17) is 9.84 Å². The molecular weight excluding hydrogens is 198 g/mol. The number of alkyl carbamates (subject to hydrolysis) is 1. The van der Waals surface area contributed by atoms with Crippen molar-refractivity contribution < 1.29 is 19.4 Å². The molecule has 0 radical (unpaired) electrons. The quantitative estimate of drug-likeness (QED) is 0.783. The number of benzene rings is 1. The molecule has 1 atom stereocenters. The summed E-state index contributed by atoms with van der Waals surface area (Å²) in [6.45, 7) is 0. The number of aliphatic carboxylic acids is 1. The molecule has 0 fully saturated rings. The van der Waals surface area contributed by atoms with E-state index < -0.39 is 18.2 Å². The maximum atomic E-state index is 10.9. The minimum atomic E-state index is -1.27. The van der Waals surface area contributed by atoms with Crippen LogP contribution in [0.4, 0.5) is 4.79 Å². The number of rotatable bonds is 3. The number of carbonyl (C=O) groups excluding carboxylic acids is 1. The number of carbonyl (C=O) groups is 2. The van der Waals surface area contributed by atoms with E-state index in [2.05, 4.69) is 5.32 Å². The Balaban J connectivity index is 2.84. The van der Waals surface area contributed by atoms with Gasteiger partial charge in [-0.2, -0.15) is 0 Å². The second-order valence-electron chi connectivity index (χ2n) is 2.78. The fourth-order valence-corrected chi connectivity index (χ4v) is 1.05. The third-order valence-corrected chi connectivity index (χ3v) is 1.76. The van der Waals surface area contributed by atoms with E-state index in [0.717, 1.165) is 0 Å². The first-order valence-corrected chi connectivity index (χ1v) is 4.31. The number of hydrogen-bond acceptors (Lipinski definition) is 3. The molecule has 0 bridgehead atoms. The molecule has 5 heteroatoms. The van der Waals surface area contributed by atoms with Crippen LogP contribution in [0.1, 0.15) is 11.7 Å². The van der Waals surface area contributed by atoms with Crippen molar-refractivity contribution in [3.8, 4) is 0 Å². The van der Waals surface area contributed by atoms with Gasteiger partial charge < -0.3 is 15.2 Å². The number of ether oxygens (including phenoxy) is 1. The monoisotopic (exact) mass is 209 g/mol. The zero-order chi connectivity index (χ0) is 11.3. The van der Waals surface area contributed by atoms with E-state index in [9.17, 15) is 9.59 Å². The molecule has 0 spiro atoms. The van der Waals surface area contributed by atoms with Crippen LogP contribution in [0.2, 0.25) is 0 Å². The predicted octanol–water partition coefficient (Wildman–Crippen LogP) is 1.17. The van der Waals surface area contributed by atoms with Gasteiger partial charge in [-0.25, -0.2) is 9.59 Å². The van der Waals surface area contributed by atoms with E-state index in [0.29, 0.717) is 5.56 Å². The third-order valence-electron chi connectivity index (χ3n) is 1.76. The molecule has 0 heterocycles. The number of hydrogen-bond donors (Lipinski definition) is 2. The number of amides is 1. The Bertz CT molecular complexity index is 350. The van der Waals surface area contributed by atoms with Crippen LogP contribution in [0.25, 0.3) is 0 Å². The van der Waals surface area contributed by atoms with Gasteiger partial charge in [0, 0.05) is 12.6 Å². The van der Waals surface area contributed by atoms with Crippen molar-refractivity contribution in [2.75, 3.05) is 7.05 Å². The molecular formula is C10H11NO4. The highest BCUT2D eigenvalue weighted by atomic mass is 16.6. The SMILES string of the molecule is CNC(=O)OC(C(=O)O)c1ccccc1. The molecule has 5 nitrogen and oxygen atoms in total. The summed E-state index contributed by atoms with van der Waals surface area (Å²) in [7, 11) is 1.37. The Morgan fingerprint density at radius 2 is 1.93 bits per heavy atom. The maximum absolute atomic E-state index is 10.9. The standard InChI is InChI=1S/C10H11NO4/c1-11-10(14)15-8(9(12)13)7-5-3-2-4-6-7/h2-6,8H,1H3,(H,11,14)(H,12,13). The average Bonchev–Trinajstić information content (AvgIpc) is 2.26. The van der Waals surface area contributed by atoms with Crippen LogP contribution >= 0.6 is 0 Å². The summed E-state index contributed by atoms with van der Waals surface area (Å²) in [4.78, 5) is 21.7. The normalized spacial score (nSPS) is 11.5. The molecule has 1 aromatic carbocycles. The number of carboxylic acid groups (broad SMARTS) is 1. The molecule has 0 saturated carbocycles. The predicted molar refractivity (Wildman–Crippen MR) is 52.4 cm³/mol. The van der Waals surface area contributed by atoms with Crippen molar-refractivity contribution in [3.63, 3.8) is 0 Å². The lowest BCUT2D eigenvalue weighted by Crippen LogP contribution is -2.25. The molecule has 1 amide bonds. The van der Waals surface area contributed by atoms with Crippen LogP contribution in [0.3, 0.4) is 0 Å². The average molecular weight is 209 g/mol. The largest absolute Gasteiger partial charge is 0.478 e.